The molecule has 0 aliphatic carbocycles. The van der Waals surface area contributed by atoms with Gasteiger partial charge in [-0.3, -0.25) is 14.9 Å². The van der Waals surface area contributed by atoms with Crippen LogP contribution >= 0.6 is 0 Å². The Kier molecular flexibility index (Phi) is 6.89. The molecule has 0 bridgehead atoms. The molecular formula is C22H28N4O4. The molecule has 1 aliphatic rings. The molecule has 160 valence electrons. The highest BCUT2D eigenvalue weighted by atomic mass is 16.6. The van der Waals surface area contributed by atoms with Crippen molar-refractivity contribution in [1.82, 2.24) is 5.32 Å². The molecule has 0 radical (unpaired) electrons. The van der Waals surface area contributed by atoms with Gasteiger partial charge in [-0.05, 0) is 37.6 Å². The van der Waals surface area contributed by atoms with E-state index in [0.717, 1.165) is 24.3 Å². The number of carbonyl (C=O) groups excluding carboxylic acids is 1. The van der Waals surface area contributed by atoms with Crippen LogP contribution in [0.3, 0.4) is 0 Å². The van der Waals surface area contributed by atoms with Crippen LogP contribution in [-0.2, 0) is 11.3 Å². The molecule has 1 heterocycles. The van der Waals surface area contributed by atoms with Crippen LogP contribution < -0.4 is 15.1 Å². The molecule has 8 heteroatoms. The molecule has 3 rings (SSSR count). The number of nitro groups is 1. The van der Waals surface area contributed by atoms with Crippen molar-refractivity contribution in [2.24, 2.45) is 0 Å². The Labute approximate surface area is 176 Å². The third-order valence-electron chi connectivity index (χ3n) is 5.02. The third kappa shape index (κ3) is 5.07. The van der Waals surface area contributed by atoms with Crippen LogP contribution in [0.4, 0.5) is 17.1 Å². The number of rotatable bonds is 7. The van der Waals surface area contributed by atoms with Crippen molar-refractivity contribution in [3.63, 3.8) is 0 Å². The minimum absolute atomic E-state index is 0.0457. The summed E-state index contributed by atoms with van der Waals surface area (Å²) in [6, 6.07) is 12.7. The molecule has 2 aromatic rings. The minimum Gasteiger partial charge on any atom is -0.378 e. The maximum Gasteiger partial charge on any atom is 0.293 e. The molecule has 0 atom stereocenters. The second-order valence-electron chi connectivity index (χ2n) is 7.67. The van der Waals surface area contributed by atoms with E-state index in [1.54, 1.807) is 12.1 Å². The zero-order chi connectivity index (χ0) is 21.7. The molecular weight excluding hydrogens is 384 g/mol. The van der Waals surface area contributed by atoms with Gasteiger partial charge in [0.1, 0.15) is 5.69 Å². The first-order chi connectivity index (χ1) is 14.4. The first-order valence-electron chi connectivity index (χ1n) is 10.1. The normalized spacial score (nSPS) is 13.9. The first-order valence-corrected chi connectivity index (χ1v) is 10.1. The van der Waals surface area contributed by atoms with Gasteiger partial charge in [0.05, 0.1) is 18.1 Å². The van der Waals surface area contributed by atoms with E-state index in [4.69, 9.17) is 4.74 Å². The number of hydrogen-bond acceptors (Lipinski definition) is 6. The fourth-order valence-electron chi connectivity index (χ4n) is 3.58. The SMILES string of the molecule is CC(C)NC(=O)c1ccc(N(C)Cc2ccccc2N2CCOCC2)c([N+](=O)[O-])c1. The van der Waals surface area contributed by atoms with E-state index in [1.165, 1.54) is 6.07 Å². The standard InChI is InChI=1S/C22H28N4O4/c1-16(2)23-22(27)17-8-9-20(21(14-17)26(28)29)24(3)15-18-6-4-5-7-19(18)25-10-12-30-13-11-25/h4-9,14,16H,10-13,15H2,1-3H3,(H,23,27). The summed E-state index contributed by atoms with van der Waals surface area (Å²) in [6.45, 7) is 7.22. The van der Waals surface area contributed by atoms with Crippen molar-refractivity contribution >= 4 is 23.0 Å². The lowest BCUT2D eigenvalue weighted by Crippen LogP contribution is -2.37. The van der Waals surface area contributed by atoms with Crippen LogP contribution in [0.2, 0.25) is 0 Å². The van der Waals surface area contributed by atoms with E-state index in [1.807, 2.05) is 44.0 Å². The Bertz CT molecular complexity index is 910. The lowest BCUT2D eigenvalue weighted by Gasteiger charge is -2.31. The van der Waals surface area contributed by atoms with Gasteiger partial charge in [-0.1, -0.05) is 18.2 Å². The van der Waals surface area contributed by atoms with Crippen molar-refractivity contribution in [3.8, 4) is 0 Å². The zero-order valence-corrected chi connectivity index (χ0v) is 17.6. The molecule has 0 unspecified atom stereocenters. The number of nitrogens with one attached hydrogen (secondary N) is 1. The average molecular weight is 412 g/mol. The summed E-state index contributed by atoms with van der Waals surface area (Å²) in [7, 11) is 1.83. The Morgan fingerprint density at radius 3 is 2.60 bits per heavy atom. The summed E-state index contributed by atoms with van der Waals surface area (Å²) in [5, 5.41) is 14.5. The smallest absolute Gasteiger partial charge is 0.293 e. The van der Waals surface area contributed by atoms with E-state index < -0.39 is 4.92 Å². The molecule has 1 aliphatic heterocycles. The van der Waals surface area contributed by atoms with Gasteiger partial charge in [-0.25, -0.2) is 0 Å². The average Bonchev–Trinajstić information content (AvgIpc) is 2.73. The summed E-state index contributed by atoms with van der Waals surface area (Å²) in [4.78, 5) is 27.7. The highest BCUT2D eigenvalue weighted by Crippen LogP contribution is 2.31. The number of ether oxygens (including phenoxy) is 1. The summed E-state index contributed by atoms with van der Waals surface area (Å²) in [6.07, 6.45) is 0. The second-order valence-corrected chi connectivity index (χ2v) is 7.67. The molecule has 0 spiro atoms. The number of para-hydroxylation sites is 1. The number of morpholine rings is 1. The maximum absolute atomic E-state index is 12.3. The number of amides is 1. The molecule has 8 nitrogen and oxygen atoms in total. The largest absolute Gasteiger partial charge is 0.378 e. The summed E-state index contributed by atoms with van der Waals surface area (Å²) >= 11 is 0. The van der Waals surface area contributed by atoms with Crippen molar-refractivity contribution in [3.05, 3.63) is 63.7 Å². The van der Waals surface area contributed by atoms with Crippen molar-refractivity contribution in [2.45, 2.75) is 26.4 Å². The van der Waals surface area contributed by atoms with Crippen LogP contribution in [0.15, 0.2) is 42.5 Å². The Balaban J connectivity index is 1.86. The lowest BCUT2D eigenvalue weighted by atomic mass is 10.1. The van der Waals surface area contributed by atoms with Crippen molar-refractivity contribution in [2.75, 3.05) is 43.2 Å². The topological polar surface area (TPSA) is 88.0 Å². The highest BCUT2D eigenvalue weighted by molar-refractivity contribution is 5.96. The van der Waals surface area contributed by atoms with E-state index in [2.05, 4.69) is 16.3 Å². The zero-order valence-electron chi connectivity index (χ0n) is 17.6. The number of anilines is 2. The minimum atomic E-state index is -0.439. The van der Waals surface area contributed by atoms with Crippen LogP contribution in [0.25, 0.3) is 0 Å². The van der Waals surface area contributed by atoms with Gasteiger partial charge in [0.15, 0.2) is 0 Å². The van der Waals surface area contributed by atoms with E-state index >= 15 is 0 Å². The molecule has 30 heavy (non-hydrogen) atoms. The first kappa shape index (κ1) is 21.6. The number of carbonyl (C=O) groups is 1. The monoisotopic (exact) mass is 412 g/mol. The number of nitrogens with zero attached hydrogens (tertiary/aromatic N) is 3. The molecule has 2 aromatic carbocycles. The number of hydrogen-bond donors (Lipinski definition) is 1. The van der Waals surface area contributed by atoms with Gasteiger partial charge < -0.3 is 19.9 Å². The highest BCUT2D eigenvalue weighted by Gasteiger charge is 2.22. The fourth-order valence-corrected chi connectivity index (χ4v) is 3.58. The maximum atomic E-state index is 12.3. The molecule has 1 saturated heterocycles. The molecule has 1 fully saturated rings. The van der Waals surface area contributed by atoms with Crippen molar-refractivity contribution in [1.29, 1.82) is 0 Å². The fraction of sp³-hybridized carbons (Fsp3) is 0.409. The van der Waals surface area contributed by atoms with Gasteiger partial charge in [0.2, 0.25) is 0 Å². The lowest BCUT2D eigenvalue weighted by molar-refractivity contribution is -0.384. The predicted molar refractivity (Wildman–Crippen MR) is 117 cm³/mol. The summed E-state index contributed by atoms with van der Waals surface area (Å²) < 4.78 is 5.45. The number of nitro benzene ring substituents is 1. The van der Waals surface area contributed by atoms with Crippen LogP contribution in [0.1, 0.15) is 29.8 Å². The van der Waals surface area contributed by atoms with Crippen LogP contribution in [-0.4, -0.2) is 50.2 Å². The Morgan fingerprint density at radius 2 is 1.93 bits per heavy atom. The van der Waals surface area contributed by atoms with Gasteiger partial charge in [0, 0.05) is 50.0 Å². The quantitative estimate of drug-likeness (QED) is 0.555. The van der Waals surface area contributed by atoms with Crippen molar-refractivity contribution < 1.29 is 14.5 Å². The van der Waals surface area contributed by atoms with Gasteiger partial charge >= 0.3 is 0 Å². The van der Waals surface area contributed by atoms with E-state index in [0.29, 0.717) is 25.4 Å². The van der Waals surface area contributed by atoms with Gasteiger partial charge in [-0.15, -0.1) is 0 Å². The van der Waals surface area contributed by atoms with Crippen LogP contribution in [0, 0.1) is 10.1 Å². The molecule has 1 N–H and O–H groups in total. The summed E-state index contributed by atoms with van der Waals surface area (Å²) in [5.41, 5.74) is 2.86. The third-order valence-corrected chi connectivity index (χ3v) is 5.02. The molecule has 0 aromatic heterocycles. The van der Waals surface area contributed by atoms with E-state index in [9.17, 15) is 14.9 Å². The predicted octanol–water partition coefficient (Wildman–Crippen LogP) is 3.21. The summed E-state index contributed by atoms with van der Waals surface area (Å²) in [5.74, 6) is -0.319. The number of benzene rings is 2. The Hall–Kier alpha value is -3.13. The van der Waals surface area contributed by atoms with Gasteiger partial charge in [-0.2, -0.15) is 0 Å². The Morgan fingerprint density at radius 1 is 1.23 bits per heavy atom. The molecule has 0 saturated carbocycles. The van der Waals surface area contributed by atoms with Crippen LogP contribution in [0.5, 0.6) is 0 Å². The molecule has 1 amide bonds. The van der Waals surface area contributed by atoms with E-state index in [-0.39, 0.29) is 23.2 Å². The second kappa shape index (κ2) is 9.58. The van der Waals surface area contributed by atoms with Gasteiger partial charge in [0.25, 0.3) is 11.6 Å².